The van der Waals surface area contributed by atoms with Crippen molar-refractivity contribution in [1.29, 1.82) is 0 Å². The Labute approximate surface area is 185 Å². The molecule has 0 bridgehead atoms. The fraction of sp³-hybridized carbons (Fsp3) is 0.577. The van der Waals surface area contributed by atoms with E-state index in [1.807, 2.05) is 6.92 Å². The van der Waals surface area contributed by atoms with Crippen molar-refractivity contribution in [2.24, 2.45) is 23.7 Å². The summed E-state index contributed by atoms with van der Waals surface area (Å²) in [7, 11) is 0. The third kappa shape index (κ3) is 4.36. The Morgan fingerprint density at radius 1 is 1.39 bits per heavy atom. The van der Waals surface area contributed by atoms with Crippen LogP contribution in [0.15, 0.2) is 59.8 Å². The number of ether oxygens (including phenoxy) is 1. The molecular weight excluding hydrogens is 392 g/mol. The summed E-state index contributed by atoms with van der Waals surface area (Å²) in [5.74, 6) is -1.05. The predicted octanol–water partition coefficient (Wildman–Crippen LogP) is 4.19. The molecule has 2 aliphatic carbocycles. The van der Waals surface area contributed by atoms with Crippen molar-refractivity contribution in [3.63, 3.8) is 0 Å². The third-order valence-corrected chi connectivity index (χ3v) is 7.51. The molecule has 3 aliphatic rings. The van der Waals surface area contributed by atoms with Gasteiger partial charge >= 0.3 is 5.97 Å². The van der Waals surface area contributed by atoms with Gasteiger partial charge in [0.2, 0.25) is 0 Å². The predicted molar refractivity (Wildman–Crippen MR) is 121 cm³/mol. The van der Waals surface area contributed by atoms with E-state index in [2.05, 4.69) is 39.5 Å². The number of allylic oxidation sites excluding steroid dienone is 5. The number of aliphatic hydroxyl groups excluding tert-OH is 1. The van der Waals surface area contributed by atoms with Gasteiger partial charge in [0.1, 0.15) is 11.7 Å². The Bertz CT molecular complexity index is 835. The zero-order chi connectivity index (χ0) is 22.9. The molecule has 0 amide bonds. The summed E-state index contributed by atoms with van der Waals surface area (Å²) >= 11 is 0. The van der Waals surface area contributed by atoms with E-state index in [0.29, 0.717) is 5.57 Å². The van der Waals surface area contributed by atoms with Crippen molar-refractivity contribution >= 4 is 5.97 Å². The lowest BCUT2D eigenvalue weighted by Gasteiger charge is -2.51. The van der Waals surface area contributed by atoms with Crippen LogP contribution < -0.4 is 0 Å². The molecule has 1 saturated heterocycles. The van der Waals surface area contributed by atoms with Gasteiger partial charge < -0.3 is 20.1 Å². The molecule has 1 fully saturated rings. The van der Waals surface area contributed by atoms with Crippen LogP contribution in [0.25, 0.3) is 0 Å². The normalized spacial score (nSPS) is 39.5. The first-order chi connectivity index (χ1) is 14.6. The molecule has 0 saturated carbocycles. The highest BCUT2D eigenvalue weighted by molar-refractivity contribution is 5.80. The second-order valence-corrected chi connectivity index (χ2v) is 9.46. The number of fused-ring (bicyclic) bond motifs is 3. The van der Waals surface area contributed by atoms with Gasteiger partial charge in [-0.1, -0.05) is 62.8 Å². The Kier molecular flexibility index (Phi) is 7.09. The summed E-state index contributed by atoms with van der Waals surface area (Å²) in [5.41, 5.74) is 1.44. The summed E-state index contributed by atoms with van der Waals surface area (Å²) in [6.45, 7) is 12.5. The molecule has 0 radical (unpaired) electrons. The third-order valence-electron chi connectivity index (χ3n) is 7.51. The van der Waals surface area contributed by atoms with Gasteiger partial charge in [-0.2, -0.15) is 0 Å². The summed E-state index contributed by atoms with van der Waals surface area (Å²) in [6, 6.07) is 0. The lowest BCUT2D eigenvalue weighted by atomic mass is 9.56. The minimum Gasteiger partial charge on any atom is -0.478 e. The molecule has 3 rings (SSSR count). The van der Waals surface area contributed by atoms with Crippen LogP contribution in [-0.4, -0.2) is 45.2 Å². The maximum absolute atomic E-state index is 12.1. The highest BCUT2D eigenvalue weighted by atomic mass is 16.5. The highest BCUT2D eigenvalue weighted by Crippen LogP contribution is 2.54. The molecule has 0 unspecified atom stereocenters. The topological polar surface area (TPSA) is 87.0 Å². The van der Waals surface area contributed by atoms with E-state index in [4.69, 9.17) is 9.84 Å². The molecule has 0 spiro atoms. The molecular formula is C26H36O5. The van der Waals surface area contributed by atoms with Gasteiger partial charge in [-0.25, -0.2) is 4.79 Å². The minimum atomic E-state index is -1.34. The molecule has 1 heterocycles. The summed E-state index contributed by atoms with van der Waals surface area (Å²) < 4.78 is 6.38. The van der Waals surface area contributed by atoms with Crippen molar-refractivity contribution < 1.29 is 24.9 Å². The molecule has 31 heavy (non-hydrogen) atoms. The molecule has 0 aromatic rings. The number of rotatable bonds is 5. The highest BCUT2D eigenvalue weighted by Gasteiger charge is 2.58. The van der Waals surface area contributed by atoms with Crippen molar-refractivity contribution in [3.05, 3.63) is 59.8 Å². The van der Waals surface area contributed by atoms with Gasteiger partial charge in [0.05, 0.1) is 12.2 Å². The molecule has 0 aromatic heterocycles. The lowest BCUT2D eigenvalue weighted by Crippen LogP contribution is -2.56. The van der Waals surface area contributed by atoms with Crippen LogP contribution in [0, 0.1) is 23.7 Å². The van der Waals surface area contributed by atoms with Crippen molar-refractivity contribution in [2.75, 3.05) is 0 Å². The Morgan fingerprint density at radius 2 is 2.10 bits per heavy atom. The average Bonchev–Trinajstić information content (AvgIpc) is 2.80. The van der Waals surface area contributed by atoms with E-state index in [1.54, 1.807) is 12.2 Å². The smallest absolute Gasteiger partial charge is 0.328 e. The fourth-order valence-corrected chi connectivity index (χ4v) is 5.62. The van der Waals surface area contributed by atoms with Gasteiger partial charge in [0.25, 0.3) is 0 Å². The summed E-state index contributed by atoms with van der Waals surface area (Å²) in [5, 5.41) is 32.5. The summed E-state index contributed by atoms with van der Waals surface area (Å²) in [4.78, 5) is 10.8. The van der Waals surface area contributed by atoms with E-state index >= 15 is 0 Å². The summed E-state index contributed by atoms with van der Waals surface area (Å²) in [6.07, 6.45) is 10.6. The fourth-order valence-electron chi connectivity index (χ4n) is 5.62. The van der Waals surface area contributed by atoms with Crippen LogP contribution in [0.2, 0.25) is 0 Å². The van der Waals surface area contributed by atoms with Crippen LogP contribution in [0.1, 0.15) is 47.0 Å². The number of carboxylic acid groups (broad SMARTS) is 1. The monoisotopic (exact) mass is 428 g/mol. The van der Waals surface area contributed by atoms with Crippen molar-refractivity contribution in [3.8, 4) is 0 Å². The Morgan fingerprint density at radius 3 is 2.74 bits per heavy atom. The molecule has 5 heteroatoms. The maximum atomic E-state index is 12.1. The standard InChI is InChI=1S/C26H36O5/c1-6-16(3)25-18(5)26(30)17(4)14-19-13-15(2)11-12-20(19)23(26)24(29)21(31-25)9-7-8-10-22(27)28/h7-11,14,16,19-21,23-25,29-30H,5-6,12-13H2,1-4H3,(H,27,28)/b9-7+,10-8+/t16-,19+,20-,21-,23-,24-,25-,26-/m0/s1. The number of aliphatic hydroxyl groups is 2. The zero-order valence-electron chi connectivity index (χ0n) is 19.0. The van der Waals surface area contributed by atoms with E-state index < -0.39 is 35.8 Å². The van der Waals surface area contributed by atoms with E-state index in [-0.39, 0.29) is 17.8 Å². The molecule has 0 aromatic carbocycles. The first kappa shape index (κ1) is 23.7. The van der Waals surface area contributed by atoms with Crippen molar-refractivity contribution in [1.82, 2.24) is 0 Å². The van der Waals surface area contributed by atoms with Crippen LogP contribution in [0.5, 0.6) is 0 Å². The Balaban J connectivity index is 2.08. The second-order valence-electron chi connectivity index (χ2n) is 9.46. The lowest BCUT2D eigenvalue weighted by molar-refractivity contribution is -0.131. The van der Waals surface area contributed by atoms with Gasteiger partial charge in [-0.15, -0.1) is 0 Å². The second kappa shape index (κ2) is 9.27. The number of carbonyl (C=O) groups is 1. The number of hydrogen-bond acceptors (Lipinski definition) is 4. The van der Waals surface area contributed by atoms with E-state index in [9.17, 15) is 15.0 Å². The zero-order valence-corrected chi connectivity index (χ0v) is 19.0. The maximum Gasteiger partial charge on any atom is 0.328 e. The first-order valence-corrected chi connectivity index (χ1v) is 11.3. The molecule has 8 atom stereocenters. The van der Waals surface area contributed by atoms with Crippen LogP contribution >= 0.6 is 0 Å². The van der Waals surface area contributed by atoms with E-state index in [1.165, 1.54) is 11.6 Å². The van der Waals surface area contributed by atoms with Crippen molar-refractivity contribution in [2.45, 2.75) is 70.9 Å². The van der Waals surface area contributed by atoms with Crippen LogP contribution in [0.3, 0.4) is 0 Å². The SMILES string of the molecule is C=C1[C@H]([C@@H](C)CC)O[C@@H](/C=C/C=C/C(=O)O)[C@H](O)[C@@H]2[C@H]3CC=C(C)C[C@@H]3C=C(C)[C@]12O. The first-order valence-electron chi connectivity index (χ1n) is 11.3. The van der Waals surface area contributed by atoms with Gasteiger partial charge in [0.15, 0.2) is 0 Å². The number of hydrogen-bond donors (Lipinski definition) is 3. The molecule has 1 aliphatic heterocycles. The average molecular weight is 429 g/mol. The molecule has 170 valence electrons. The quantitative estimate of drug-likeness (QED) is 0.347. The Hall–Kier alpha value is -1.95. The number of aliphatic carboxylic acids is 1. The van der Waals surface area contributed by atoms with Gasteiger partial charge in [-0.05, 0) is 55.6 Å². The van der Waals surface area contributed by atoms with Gasteiger partial charge in [0, 0.05) is 12.0 Å². The van der Waals surface area contributed by atoms with Gasteiger partial charge in [-0.3, -0.25) is 0 Å². The van der Waals surface area contributed by atoms with Crippen LogP contribution in [0.4, 0.5) is 0 Å². The largest absolute Gasteiger partial charge is 0.478 e. The minimum absolute atomic E-state index is 0.0777. The molecule has 5 nitrogen and oxygen atoms in total. The van der Waals surface area contributed by atoms with Crippen LogP contribution in [-0.2, 0) is 9.53 Å². The molecule has 3 N–H and O–H groups in total. The number of carboxylic acids is 1. The van der Waals surface area contributed by atoms with E-state index in [0.717, 1.165) is 30.9 Å².